The van der Waals surface area contributed by atoms with Crippen molar-refractivity contribution in [3.05, 3.63) is 28.2 Å². The molecule has 1 aromatic carbocycles. The maximum atomic E-state index is 11.7. The molecular formula is C12H12BrN3O4. The summed E-state index contributed by atoms with van der Waals surface area (Å²) in [5, 5.41) is 22.5. The van der Waals surface area contributed by atoms with Gasteiger partial charge in [0.25, 0.3) is 0 Å². The zero-order chi connectivity index (χ0) is 15.1. The van der Waals surface area contributed by atoms with E-state index in [0.29, 0.717) is 4.47 Å². The number of hydrogen-bond acceptors (Lipinski definition) is 4. The predicted molar refractivity (Wildman–Crippen MR) is 74.3 cm³/mol. The number of anilines is 1. The average molecular weight is 342 g/mol. The van der Waals surface area contributed by atoms with Crippen LogP contribution in [0.3, 0.4) is 0 Å². The van der Waals surface area contributed by atoms with Crippen molar-refractivity contribution in [1.29, 1.82) is 5.26 Å². The highest BCUT2D eigenvalue weighted by molar-refractivity contribution is 9.10. The summed E-state index contributed by atoms with van der Waals surface area (Å²) in [5.74, 6) is -1.21. The Morgan fingerprint density at radius 2 is 2.25 bits per heavy atom. The normalized spacial score (nSPS) is 11.2. The fourth-order valence-electron chi connectivity index (χ4n) is 1.38. The van der Waals surface area contributed by atoms with Gasteiger partial charge in [-0.05, 0) is 18.2 Å². The molecule has 0 radical (unpaired) electrons. The summed E-state index contributed by atoms with van der Waals surface area (Å²) < 4.78 is 5.39. The topological polar surface area (TPSA) is 111 Å². The molecule has 106 valence electrons. The van der Waals surface area contributed by atoms with Crippen LogP contribution in [0.2, 0.25) is 0 Å². The number of nitrogens with one attached hydrogen (secondary N) is 2. The van der Waals surface area contributed by atoms with E-state index in [2.05, 4.69) is 26.6 Å². The van der Waals surface area contributed by atoms with E-state index < -0.39 is 18.0 Å². The molecule has 0 aromatic heterocycles. The quantitative estimate of drug-likeness (QED) is 0.752. The number of carbonyl (C=O) groups excluding carboxylic acids is 1. The molecule has 0 aliphatic heterocycles. The zero-order valence-corrected chi connectivity index (χ0v) is 12.1. The number of urea groups is 1. The van der Waals surface area contributed by atoms with Crippen LogP contribution in [0.1, 0.15) is 5.56 Å². The number of nitrogens with zero attached hydrogens (tertiary/aromatic N) is 1. The minimum absolute atomic E-state index is 0.159. The standard InChI is InChI=1S/C12H12BrN3O4/c1-20-6-10(11(17)18)16-12(19)15-9-3-2-8(13)4-7(9)5-14/h2-4,10H,6H2,1H3,(H,17,18)(H2,15,16,19). The van der Waals surface area contributed by atoms with Gasteiger partial charge in [-0.1, -0.05) is 15.9 Å². The first kappa shape index (κ1) is 15.9. The summed E-state index contributed by atoms with van der Waals surface area (Å²) in [5.41, 5.74) is 0.544. The highest BCUT2D eigenvalue weighted by Crippen LogP contribution is 2.20. The van der Waals surface area contributed by atoms with Crippen LogP contribution in [0.5, 0.6) is 0 Å². The van der Waals surface area contributed by atoms with Crippen molar-refractivity contribution >= 4 is 33.6 Å². The second kappa shape index (κ2) is 7.47. The Labute approximate surface area is 123 Å². The lowest BCUT2D eigenvalue weighted by Gasteiger charge is -2.14. The Balaban J connectivity index is 2.76. The third-order valence-corrected chi connectivity index (χ3v) is 2.78. The number of rotatable bonds is 5. The summed E-state index contributed by atoms with van der Waals surface area (Å²) in [6, 6.07) is 4.77. The van der Waals surface area contributed by atoms with Gasteiger partial charge in [0.05, 0.1) is 17.9 Å². The molecule has 0 spiro atoms. The molecule has 3 N–H and O–H groups in total. The number of benzene rings is 1. The molecule has 0 saturated carbocycles. The average Bonchev–Trinajstić information content (AvgIpc) is 2.40. The third kappa shape index (κ3) is 4.53. The van der Waals surface area contributed by atoms with Gasteiger partial charge in [-0.3, -0.25) is 0 Å². The lowest BCUT2D eigenvalue weighted by atomic mass is 10.2. The van der Waals surface area contributed by atoms with Crippen molar-refractivity contribution in [3.63, 3.8) is 0 Å². The molecule has 0 heterocycles. The predicted octanol–water partition coefficient (Wildman–Crippen LogP) is 1.54. The Morgan fingerprint density at radius 1 is 1.55 bits per heavy atom. The minimum atomic E-state index is -1.21. The molecule has 0 saturated heterocycles. The maximum absolute atomic E-state index is 11.7. The first-order valence-corrected chi connectivity index (χ1v) is 6.26. The number of carboxylic acids is 1. The van der Waals surface area contributed by atoms with Crippen LogP contribution >= 0.6 is 15.9 Å². The number of aliphatic carboxylic acids is 1. The van der Waals surface area contributed by atoms with E-state index in [-0.39, 0.29) is 17.9 Å². The van der Waals surface area contributed by atoms with Gasteiger partial charge in [-0.2, -0.15) is 5.26 Å². The number of hydrogen-bond donors (Lipinski definition) is 3. The van der Waals surface area contributed by atoms with Crippen molar-refractivity contribution in [2.75, 3.05) is 19.0 Å². The number of carbonyl (C=O) groups is 2. The van der Waals surface area contributed by atoms with Crippen LogP contribution in [-0.2, 0) is 9.53 Å². The van der Waals surface area contributed by atoms with E-state index in [1.807, 2.05) is 6.07 Å². The molecule has 8 heteroatoms. The molecule has 1 unspecified atom stereocenters. The fraction of sp³-hybridized carbons (Fsp3) is 0.250. The number of amides is 2. The summed E-state index contributed by atoms with van der Waals surface area (Å²) in [4.78, 5) is 22.6. The molecule has 0 aliphatic rings. The Hall–Kier alpha value is -2.11. The van der Waals surface area contributed by atoms with Crippen LogP contribution < -0.4 is 10.6 Å². The maximum Gasteiger partial charge on any atom is 0.328 e. The van der Waals surface area contributed by atoms with Crippen molar-refractivity contribution < 1.29 is 19.4 Å². The largest absolute Gasteiger partial charge is 0.480 e. The minimum Gasteiger partial charge on any atom is -0.480 e. The van der Waals surface area contributed by atoms with E-state index in [0.717, 1.165) is 0 Å². The molecule has 0 aliphatic carbocycles. The van der Waals surface area contributed by atoms with Gasteiger partial charge in [0, 0.05) is 11.6 Å². The van der Waals surface area contributed by atoms with Gasteiger partial charge in [-0.25, -0.2) is 9.59 Å². The van der Waals surface area contributed by atoms with E-state index in [1.54, 1.807) is 12.1 Å². The van der Waals surface area contributed by atoms with Gasteiger partial charge in [0.1, 0.15) is 6.07 Å². The van der Waals surface area contributed by atoms with Gasteiger partial charge in [0.15, 0.2) is 6.04 Å². The van der Waals surface area contributed by atoms with Crippen molar-refractivity contribution in [2.45, 2.75) is 6.04 Å². The summed E-state index contributed by atoms with van der Waals surface area (Å²) >= 11 is 3.21. The van der Waals surface area contributed by atoms with Crippen LogP contribution in [0.25, 0.3) is 0 Å². The molecule has 1 aromatic rings. The number of halogens is 1. The second-order valence-corrected chi connectivity index (χ2v) is 4.66. The number of methoxy groups -OCH3 is 1. The summed E-state index contributed by atoms with van der Waals surface area (Å²) in [6.45, 7) is -0.159. The van der Waals surface area contributed by atoms with E-state index >= 15 is 0 Å². The number of carboxylic acid groups (broad SMARTS) is 1. The summed E-state index contributed by atoms with van der Waals surface area (Å²) in [7, 11) is 1.33. The van der Waals surface area contributed by atoms with Gasteiger partial charge < -0.3 is 20.5 Å². The van der Waals surface area contributed by atoms with Crippen LogP contribution in [-0.4, -0.2) is 36.9 Å². The Kier molecular flexibility index (Phi) is 5.96. The molecule has 0 fully saturated rings. The van der Waals surface area contributed by atoms with Gasteiger partial charge >= 0.3 is 12.0 Å². The molecular weight excluding hydrogens is 330 g/mol. The van der Waals surface area contributed by atoms with Crippen LogP contribution in [0, 0.1) is 11.3 Å². The zero-order valence-electron chi connectivity index (χ0n) is 10.5. The van der Waals surface area contributed by atoms with Crippen molar-refractivity contribution in [3.8, 4) is 6.07 Å². The molecule has 20 heavy (non-hydrogen) atoms. The van der Waals surface area contributed by atoms with Crippen molar-refractivity contribution in [2.24, 2.45) is 0 Å². The van der Waals surface area contributed by atoms with E-state index in [9.17, 15) is 9.59 Å². The fourth-order valence-corrected chi connectivity index (χ4v) is 1.74. The van der Waals surface area contributed by atoms with Gasteiger partial charge in [-0.15, -0.1) is 0 Å². The summed E-state index contributed by atoms with van der Waals surface area (Å²) in [6.07, 6.45) is 0. The number of nitriles is 1. The highest BCUT2D eigenvalue weighted by Gasteiger charge is 2.20. The van der Waals surface area contributed by atoms with E-state index in [1.165, 1.54) is 13.2 Å². The molecule has 0 bridgehead atoms. The second-order valence-electron chi connectivity index (χ2n) is 3.75. The monoisotopic (exact) mass is 341 g/mol. The Morgan fingerprint density at radius 3 is 2.80 bits per heavy atom. The highest BCUT2D eigenvalue weighted by atomic mass is 79.9. The third-order valence-electron chi connectivity index (χ3n) is 2.29. The van der Waals surface area contributed by atoms with Crippen LogP contribution in [0.15, 0.2) is 22.7 Å². The molecule has 1 atom stereocenters. The molecule has 7 nitrogen and oxygen atoms in total. The molecule has 2 amide bonds. The van der Waals surface area contributed by atoms with Crippen molar-refractivity contribution in [1.82, 2.24) is 5.32 Å². The Bertz CT molecular complexity index is 556. The number of ether oxygens (including phenoxy) is 1. The first-order chi connectivity index (χ1) is 9.47. The first-order valence-electron chi connectivity index (χ1n) is 5.46. The SMILES string of the molecule is COCC(NC(=O)Nc1ccc(Br)cc1C#N)C(=O)O. The lowest BCUT2D eigenvalue weighted by molar-refractivity contribution is -0.140. The van der Waals surface area contributed by atoms with E-state index in [4.69, 9.17) is 15.1 Å². The van der Waals surface area contributed by atoms with Crippen LogP contribution in [0.4, 0.5) is 10.5 Å². The smallest absolute Gasteiger partial charge is 0.328 e. The lowest BCUT2D eigenvalue weighted by Crippen LogP contribution is -2.45. The van der Waals surface area contributed by atoms with Gasteiger partial charge in [0.2, 0.25) is 0 Å². The molecule has 1 rings (SSSR count).